The molecule has 3 aromatic rings. The summed E-state index contributed by atoms with van der Waals surface area (Å²) in [5.74, 6) is -0.146. The fraction of sp³-hybridized carbons (Fsp3) is 0.417. The highest BCUT2D eigenvalue weighted by molar-refractivity contribution is 5.88. The highest BCUT2D eigenvalue weighted by Crippen LogP contribution is 2.42. The predicted octanol–water partition coefficient (Wildman–Crippen LogP) is 5.83. The lowest BCUT2D eigenvalue weighted by Gasteiger charge is -2.37. The van der Waals surface area contributed by atoms with E-state index in [1.165, 1.54) is 28.5 Å². The highest BCUT2D eigenvalue weighted by Gasteiger charge is 2.35. The summed E-state index contributed by atoms with van der Waals surface area (Å²) in [6.07, 6.45) is 0.449. The SMILES string of the molecule is Cc1ccccc1CCn1c2c(c3cc(OC(F)(F)F)ccc31)C1CCCC(C2)N1. The number of ether oxygens (including phenoxy) is 1. The summed E-state index contributed by atoms with van der Waals surface area (Å²) in [5.41, 5.74) is 6.01. The Labute approximate surface area is 173 Å². The number of aryl methyl sites for hydroxylation is 3. The number of aromatic nitrogens is 1. The summed E-state index contributed by atoms with van der Waals surface area (Å²) in [6.45, 7) is 2.93. The molecule has 2 aliphatic heterocycles. The van der Waals surface area contributed by atoms with Gasteiger partial charge in [-0.25, -0.2) is 0 Å². The summed E-state index contributed by atoms with van der Waals surface area (Å²) in [4.78, 5) is 0. The van der Waals surface area contributed by atoms with E-state index in [2.05, 4.69) is 39.7 Å². The maximum atomic E-state index is 12.8. The first-order valence-corrected chi connectivity index (χ1v) is 10.6. The van der Waals surface area contributed by atoms with Gasteiger partial charge in [0.2, 0.25) is 0 Å². The molecule has 0 aliphatic carbocycles. The van der Waals surface area contributed by atoms with Crippen LogP contribution in [-0.4, -0.2) is 17.0 Å². The zero-order valence-corrected chi connectivity index (χ0v) is 16.9. The lowest BCUT2D eigenvalue weighted by molar-refractivity contribution is -0.274. The molecule has 0 radical (unpaired) electrons. The van der Waals surface area contributed by atoms with E-state index < -0.39 is 6.36 Å². The number of piperidine rings is 1. The lowest BCUT2D eigenvalue weighted by Crippen LogP contribution is -2.43. The molecule has 30 heavy (non-hydrogen) atoms. The minimum atomic E-state index is -4.69. The van der Waals surface area contributed by atoms with Crippen molar-refractivity contribution in [2.45, 2.75) is 64.0 Å². The lowest BCUT2D eigenvalue weighted by atomic mass is 9.84. The summed E-state index contributed by atoms with van der Waals surface area (Å²) in [5, 5.41) is 4.57. The van der Waals surface area contributed by atoms with E-state index >= 15 is 0 Å². The van der Waals surface area contributed by atoms with Crippen molar-refractivity contribution in [1.82, 2.24) is 9.88 Å². The number of nitrogens with one attached hydrogen (secondary N) is 1. The quantitative estimate of drug-likeness (QED) is 0.581. The number of alkyl halides is 3. The van der Waals surface area contributed by atoms with Gasteiger partial charge in [-0.2, -0.15) is 0 Å². The average Bonchev–Trinajstić information content (AvgIpc) is 2.99. The Morgan fingerprint density at radius 1 is 1.13 bits per heavy atom. The molecule has 2 bridgehead atoms. The van der Waals surface area contributed by atoms with E-state index in [-0.39, 0.29) is 11.8 Å². The van der Waals surface area contributed by atoms with Gasteiger partial charge in [0.25, 0.3) is 0 Å². The van der Waals surface area contributed by atoms with Crippen molar-refractivity contribution in [3.8, 4) is 5.75 Å². The largest absolute Gasteiger partial charge is 0.573 e. The number of hydrogen-bond donors (Lipinski definition) is 1. The van der Waals surface area contributed by atoms with Crippen LogP contribution in [0.25, 0.3) is 10.9 Å². The highest BCUT2D eigenvalue weighted by atomic mass is 19.4. The van der Waals surface area contributed by atoms with Crippen LogP contribution in [0.1, 0.15) is 47.7 Å². The Hall–Kier alpha value is -2.47. The first-order valence-electron chi connectivity index (χ1n) is 10.6. The van der Waals surface area contributed by atoms with Crippen LogP contribution in [0.3, 0.4) is 0 Å². The second-order valence-corrected chi connectivity index (χ2v) is 8.47. The minimum absolute atomic E-state index is 0.146. The average molecular weight is 414 g/mol. The second-order valence-electron chi connectivity index (χ2n) is 8.47. The third-order valence-corrected chi connectivity index (χ3v) is 6.56. The van der Waals surface area contributed by atoms with Crippen LogP contribution < -0.4 is 10.1 Å². The second kappa shape index (κ2) is 7.34. The van der Waals surface area contributed by atoms with Crippen molar-refractivity contribution >= 4 is 10.9 Å². The van der Waals surface area contributed by atoms with E-state index in [1.54, 1.807) is 12.1 Å². The fourth-order valence-corrected chi connectivity index (χ4v) is 5.24. The Morgan fingerprint density at radius 2 is 1.97 bits per heavy atom. The molecule has 2 aromatic carbocycles. The van der Waals surface area contributed by atoms with Crippen molar-refractivity contribution in [3.63, 3.8) is 0 Å². The maximum Gasteiger partial charge on any atom is 0.573 e. The first-order chi connectivity index (χ1) is 14.4. The van der Waals surface area contributed by atoms with Gasteiger partial charge in [0.15, 0.2) is 0 Å². The molecule has 1 aromatic heterocycles. The van der Waals surface area contributed by atoms with E-state index in [9.17, 15) is 13.2 Å². The Balaban J connectivity index is 1.59. The van der Waals surface area contributed by atoms with E-state index in [4.69, 9.17) is 0 Å². The maximum absolute atomic E-state index is 12.8. The molecule has 2 atom stereocenters. The van der Waals surface area contributed by atoms with Gasteiger partial charge in [0, 0.05) is 41.6 Å². The molecular formula is C24H25F3N2O. The van der Waals surface area contributed by atoms with Crippen LogP contribution in [0.15, 0.2) is 42.5 Å². The third-order valence-electron chi connectivity index (χ3n) is 6.56. The van der Waals surface area contributed by atoms with E-state index in [0.29, 0.717) is 6.04 Å². The molecule has 2 unspecified atom stereocenters. The molecule has 0 saturated carbocycles. The summed E-state index contributed by atoms with van der Waals surface area (Å²) in [6, 6.07) is 13.8. The molecule has 0 spiro atoms. The Kier molecular flexibility index (Phi) is 4.77. The van der Waals surface area contributed by atoms with Gasteiger partial charge in [-0.15, -0.1) is 13.2 Å². The van der Waals surface area contributed by atoms with Crippen LogP contribution in [0.4, 0.5) is 13.2 Å². The number of benzene rings is 2. The van der Waals surface area contributed by atoms with Crippen LogP contribution in [0.2, 0.25) is 0 Å². The Morgan fingerprint density at radius 3 is 2.77 bits per heavy atom. The van der Waals surface area contributed by atoms with E-state index in [0.717, 1.165) is 49.6 Å². The van der Waals surface area contributed by atoms with Gasteiger partial charge >= 0.3 is 6.36 Å². The van der Waals surface area contributed by atoms with Gasteiger partial charge in [-0.05, 0) is 67.5 Å². The molecule has 3 heterocycles. The van der Waals surface area contributed by atoms with Gasteiger partial charge in [0.1, 0.15) is 5.75 Å². The van der Waals surface area contributed by atoms with Gasteiger partial charge in [0.05, 0.1) is 0 Å². The molecule has 6 heteroatoms. The first kappa shape index (κ1) is 19.5. The molecule has 3 nitrogen and oxygen atoms in total. The molecule has 0 amide bonds. The summed E-state index contributed by atoms with van der Waals surface area (Å²) >= 11 is 0. The normalized spacial score (nSPS) is 20.9. The third kappa shape index (κ3) is 3.58. The van der Waals surface area contributed by atoms with Crippen molar-refractivity contribution < 1.29 is 17.9 Å². The molecular weight excluding hydrogens is 389 g/mol. The van der Waals surface area contributed by atoms with Gasteiger partial charge < -0.3 is 14.6 Å². The molecule has 158 valence electrons. The molecule has 1 N–H and O–H groups in total. The van der Waals surface area contributed by atoms with E-state index in [1.807, 2.05) is 6.07 Å². The van der Waals surface area contributed by atoms with Crippen LogP contribution in [0, 0.1) is 6.92 Å². The zero-order valence-electron chi connectivity index (χ0n) is 16.9. The van der Waals surface area contributed by atoms with Crippen molar-refractivity contribution in [3.05, 3.63) is 64.8 Å². The van der Waals surface area contributed by atoms with Crippen molar-refractivity contribution in [1.29, 1.82) is 0 Å². The predicted molar refractivity (Wildman–Crippen MR) is 111 cm³/mol. The van der Waals surface area contributed by atoms with Crippen LogP contribution >= 0.6 is 0 Å². The summed E-state index contributed by atoms with van der Waals surface area (Å²) < 4.78 is 44.9. The topological polar surface area (TPSA) is 26.2 Å². The smallest absolute Gasteiger partial charge is 0.406 e. The van der Waals surface area contributed by atoms with Gasteiger partial charge in [-0.3, -0.25) is 0 Å². The van der Waals surface area contributed by atoms with Crippen molar-refractivity contribution in [2.75, 3.05) is 0 Å². The number of hydrogen-bond acceptors (Lipinski definition) is 2. The monoisotopic (exact) mass is 414 g/mol. The molecule has 1 fully saturated rings. The number of halogens is 3. The standard InChI is InChI=1S/C24H25F3N2O/c1-15-5-2-3-6-16(15)11-12-29-21-10-9-18(30-24(25,26)27)14-19(21)23-20-8-4-7-17(28-20)13-22(23)29/h2-3,5-6,9-10,14,17,20,28H,4,7-8,11-13H2,1H3. The fourth-order valence-electron chi connectivity index (χ4n) is 5.24. The number of nitrogens with zero attached hydrogens (tertiary/aromatic N) is 1. The summed E-state index contributed by atoms with van der Waals surface area (Å²) in [7, 11) is 0. The van der Waals surface area contributed by atoms with Crippen LogP contribution in [-0.2, 0) is 19.4 Å². The Bertz CT molecular complexity index is 1090. The van der Waals surface area contributed by atoms with Crippen LogP contribution in [0.5, 0.6) is 5.75 Å². The van der Waals surface area contributed by atoms with Gasteiger partial charge in [-0.1, -0.05) is 24.3 Å². The number of fused-ring (bicyclic) bond motifs is 6. The molecule has 2 aliphatic rings. The van der Waals surface area contributed by atoms with Crippen molar-refractivity contribution in [2.24, 2.45) is 0 Å². The molecule has 1 saturated heterocycles. The number of rotatable bonds is 4. The minimum Gasteiger partial charge on any atom is -0.406 e. The molecule has 5 rings (SSSR count). The zero-order chi connectivity index (χ0) is 20.9.